The first-order chi connectivity index (χ1) is 15.7. The lowest BCUT2D eigenvalue weighted by molar-refractivity contribution is -0.578. The van der Waals surface area contributed by atoms with Gasteiger partial charge in [0.1, 0.15) is 0 Å². The summed E-state index contributed by atoms with van der Waals surface area (Å²) in [6, 6.07) is 7.34. The summed E-state index contributed by atoms with van der Waals surface area (Å²) in [4.78, 5) is 23.4. The van der Waals surface area contributed by atoms with Gasteiger partial charge in [-0.25, -0.2) is 9.78 Å². The van der Waals surface area contributed by atoms with Crippen molar-refractivity contribution in [2.24, 2.45) is 23.7 Å². The van der Waals surface area contributed by atoms with Crippen LogP contribution in [0.5, 0.6) is 0 Å². The van der Waals surface area contributed by atoms with Crippen molar-refractivity contribution < 1.29 is 33.9 Å². The second-order valence-corrected chi connectivity index (χ2v) is 10.8. The van der Waals surface area contributed by atoms with Crippen LogP contribution in [-0.2, 0) is 28.8 Å². The van der Waals surface area contributed by atoms with E-state index in [1.807, 2.05) is 19.1 Å². The first kappa shape index (κ1) is 23.5. The monoisotopic (exact) mass is 480 g/mol. The molecule has 1 aliphatic carbocycles. The van der Waals surface area contributed by atoms with Crippen molar-refractivity contribution >= 4 is 17.6 Å². The number of rotatable bonds is 6. The summed E-state index contributed by atoms with van der Waals surface area (Å²) in [5, 5.41) is 9.90. The Labute approximate surface area is 199 Å². The number of carboxylic acid groups (broad SMARTS) is 1. The van der Waals surface area contributed by atoms with E-state index in [0.29, 0.717) is 17.4 Å². The highest BCUT2D eigenvalue weighted by Crippen LogP contribution is 2.60. The summed E-state index contributed by atoms with van der Waals surface area (Å²) in [6.45, 7) is 6.32. The van der Waals surface area contributed by atoms with Crippen LogP contribution in [0.15, 0.2) is 24.3 Å². The molecular weight excluding hydrogens is 448 g/mol. The Morgan fingerprint density at radius 1 is 1.18 bits per heavy atom. The zero-order chi connectivity index (χ0) is 23.4. The smallest absolute Gasteiger partial charge is 0.303 e. The third-order valence-electron chi connectivity index (χ3n) is 8.26. The standard InChI is InChI=1S/C25H33ClO7/c1-14-4-9-19-15(2)22(29-20(10-11-21(27)28)16-5-7-17(26)8-6-16)30-23-25(19)18(14)12-13-24(3,31-23)32-33-25/h5-8,14-15,18-20,22-23H,4,9-13H2,1-3H3,(H,27,28)/t14-,15-,18+,19+,20-,22+,23-,24+,25-/m1/s1. The highest BCUT2D eigenvalue weighted by atomic mass is 35.5. The molecule has 7 nitrogen and oxygen atoms in total. The van der Waals surface area contributed by atoms with Gasteiger partial charge in [-0.1, -0.05) is 37.6 Å². The number of ether oxygens (including phenoxy) is 3. The molecule has 1 aromatic rings. The van der Waals surface area contributed by atoms with Crippen LogP contribution < -0.4 is 0 Å². The van der Waals surface area contributed by atoms with Crippen molar-refractivity contribution in [3.63, 3.8) is 0 Å². The summed E-state index contributed by atoms with van der Waals surface area (Å²) in [5.74, 6) is -0.765. The Hall–Kier alpha value is -1.22. The molecule has 182 valence electrons. The third-order valence-corrected chi connectivity index (χ3v) is 8.51. The fraction of sp³-hybridized carbons (Fsp3) is 0.720. The molecular formula is C25H33ClO7. The number of hydrogen-bond acceptors (Lipinski definition) is 6. The van der Waals surface area contributed by atoms with E-state index in [1.165, 1.54) is 0 Å². The second-order valence-electron chi connectivity index (χ2n) is 10.4. The summed E-state index contributed by atoms with van der Waals surface area (Å²) in [6.07, 6.45) is 2.56. The van der Waals surface area contributed by atoms with Gasteiger partial charge >= 0.3 is 5.97 Å². The van der Waals surface area contributed by atoms with E-state index in [9.17, 15) is 9.90 Å². The lowest BCUT2D eigenvalue weighted by Crippen LogP contribution is -2.70. The molecule has 4 heterocycles. The lowest BCUT2D eigenvalue weighted by Gasteiger charge is -2.60. The van der Waals surface area contributed by atoms with Gasteiger partial charge in [-0.3, -0.25) is 4.79 Å². The SMILES string of the molecule is C[C@H]1[C@@H](O[C@H](CCC(=O)O)c2ccc(Cl)cc2)O[C@@H]2O[C@]3(C)CC[C@H]4[C@H](C)CC[C@@H]1[C@@]24OO3. The van der Waals surface area contributed by atoms with E-state index in [-0.39, 0.29) is 24.2 Å². The van der Waals surface area contributed by atoms with Crippen LogP contribution in [-0.4, -0.2) is 35.0 Å². The van der Waals surface area contributed by atoms with Crippen LogP contribution in [0.3, 0.4) is 0 Å². The van der Waals surface area contributed by atoms with Crippen LogP contribution >= 0.6 is 11.6 Å². The average molecular weight is 481 g/mol. The number of fused-ring (bicyclic) bond motifs is 2. The number of halogens is 1. The van der Waals surface area contributed by atoms with E-state index < -0.39 is 36.0 Å². The molecule has 6 rings (SSSR count). The van der Waals surface area contributed by atoms with Crippen molar-refractivity contribution in [2.75, 3.05) is 0 Å². The van der Waals surface area contributed by atoms with Gasteiger partial charge in [-0.2, -0.15) is 0 Å². The number of benzene rings is 1. The van der Waals surface area contributed by atoms with E-state index >= 15 is 0 Å². The second kappa shape index (κ2) is 8.77. The van der Waals surface area contributed by atoms with E-state index in [2.05, 4.69) is 13.8 Å². The van der Waals surface area contributed by atoms with E-state index in [0.717, 1.165) is 31.2 Å². The normalized spacial score (nSPS) is 42.9. The number of hydrogen-bond donors (Lipinski definition) is 1. The van der Waals surface area contributed by atoms with Gasteiger partial charge in [-0.15, -0.1) is 0 Å². The van der Waals surface area contributed by atoms with Crippen molar-refractivity contribution in [3.05, 3.63) is 34.9 Å². The molecule has 5 aliphatic rings. The predicted octanol–water partition coefficient (Wildman–Crippen LogP) is 5.47. The zero-order valence-electron chi connectivity index (χ0n) is 19.4. The molecule has 2 bridgehead atoms. The van der Waals surface area contributed by atoms with Crippen molar-refractivity contribution in [2.45, 2.75) is 89.4 Å². The quantitative estimate of drug-likeness (QED) is 0.540. The van der Waals surface area contributed by atoms with Gasteiger partial charge in [0, 0.05) is 29.7 Å². The fourth-order valence-corrected chi connectivity index (χ4v) is 6.56. The summed E-state index contributed by atoms with van der Waals surface area (Å²) >= 11 is 6.07. The highest BCUT2D eigenvalue weighted by Gasteiger charge is 2.69. The van der Waals surface area contributed by atoms with Crippen LogP contribution in [0.25, 0.3) is 0 Å². The van der Waals surface area contributed by atoms with Gasteiger partial charge in [0.05, 0.1) is 6.10 Å². The van der Waals surface area contributed by atoms with Crippen LogP contribution in [0, 0.1) is 23.7 Å². The molecule has 9 atom stereocenters. The molecule has 1 N–H and O–H groups in total. The number of carbonyl (C=O) groups is 1. The van der Waals surface area contributed by atoms with Gasteiger partial charge in [0.25, 0.3) is 0 Å². The Balaban J connectivity index is 1.43. The zero-order valence-corrected chi connectivity index (χ0v) is 20.1. The maximum atomic E-state index is 11.3. The molecule has 8 heteroatoms. The van der Waals surface area contributed by atoms with Crippen LogP contribution in [0.1, 0.15) is 71.0 Å². The molecule has 0 aromatic heterocycles. The molecule has 1 aromatic carbocycles. The maximum absolute atomic E-state index is 11.3. The van der Waals surface area contributed by atoms with Gasteiger partial charge in [0.2, 0.25) is 5.79 Å². The minimum absolute atomic E-state index is 0.00367. The Morgan fingerprint density at radius 3 is 2.67 bits per heavy atom. The Kier molecular flexibility index (Phi) is 6.25. The molecule has 0 radical (unpaired) electrons. The molecule has 33 heavy (non-hydrogen) atoms. The molecule has 0 unspecified atom stereocenters. The first-order valence-electron chi connectivity index (χ1n) is 12.0. The minimum Gasteiger partial charge on any atom is -0.481 e. The van der Waals surface area contributed by atoms with Gasteiger partial charge in [0.15, 0.2) is 18.2 Å². The molecule has 4 saturated heterocycles. The van der Waals surface area contributed by atoms with E-state index in [1.54, 1.807) is 12.1 Å². The first-order valence-corrected chi connectivity index (χ1v) is 12.4. The Bertz CT molecular complexity index is 878. The summed E-state index contributed by atoms with van der Waals surface area (Å²) in [7, 11) is 0. The van der Waals surface area contributed by atoms with E-state index in [4.69, 9.17) is 35.6 Å². The van der Waals surface area contributed by atoms with Crippen molar-refractivity contribution in [3.8, 4) is 0 Å². The highest BCUT2D eigenvalue weighted by molar-refractivity contribution is 6.30. The van der Waals surface area contributed by atoms with Crippen molar-refractivity contribution in [1.29, 1.82) is 0 Å². The lowest BCUT2D eigenvalue weighted by atomic mass is 9.58. The van der Waals surface area contributed by atoms with Crippen LogP contribution in [0.2, 0.25) is 5.02 Å². The number of carboxylic acids is 1. The summed E-state index contributed by atoms with van der Waals surface area (Å²) in [5.41, 5.74) is 0.228. The topological polar surface area (TPSA) is 83.5 Å². The van der Waals surface area contributed by atoms with Gasteiger partial charge < -0.3 is 19.3 Å². The maximum Gasteiger partial charge on any atom is 0.303 e. The average Bonchev–Trinajstić information content (AvgIpc) is 3.01. The summed E-state index contributed by atoms with van der Waals surface area (Å²) < 4.78 is 19.4. The third kappa shape index (κ3) is 4.11. The van der Waals surface area contributed by atoms with Gasteiger partial charge in [-0.05, 0) is 62.1 Å². The number of aliphatic carboxylic acids is 1. The van der Waals surface area contributed by atoms with Crippen LogP contribution in [0.4, 0.5) is 0 Å². The molecule has 5 fully saturated rings. The molecule has 1 spiro atoms. The fourth-order valence-electron chi connectivity index (χ4n) is 6.43. The molecule has 1 saturated carbocycles. The Morgan fingerprint density at radius 2 is 1.94 bits per heavy atom. The van der Waals surface area contributed by atoms with Crippen molar-refractivity contribution in [1.82, 2.24) is 0 Å². The largest absolute Gasteiger partial charge is 0.481 e. The molecule has 4 aliphatic heterocycles. The minimum atomic E-state index is -0.860. The molecule has 0 amide bonds. The predicted molar refractivity (Wildman–Crippen MR) is 119 cm³/mol.